The van der Waals surface area contributed by atoms with Gasteiger partial charge in [-0.05, 0) is 52.6 Å². The maximum Gasteiger partial charge on any atom is 0.342 e. The number of rotatable bonds is 10. The largest absolute Gasteiger partial charge is 0.485 e. The minimum absolute atomic E-state index is 0. The number of fused-ring (bicyclic) bond motifs is 1. The van der Waals surface area contributed by atoms with Crippen LogP contribution in [0.2, 0.25) is 0 Å². The summed E-state index contributed by atoms with van der Waals surface area (Å²) in [6.07, 6.45) is 3.00. The van der Waals surface area contributed by atoms with Crippen LogP contribution in [0.15, 0.2) is 48.8 Å². The first-order valence-corrected chi connectivity index (χ1v) is 12.5. The fourth-order valence-corrected chi connectivity index (χ4v) is 4.13. The molecule has 2 aromatic carbocycles. The van der Waals surface area contributed by atoms with E-state index in [9.17, 15) is 14.9 Å². The van der Waals surface area contributed by atoms with Crippen molar-refractivity contribution in [2.75, 3.05) is 32.6 Å². The van der Waals surface area contributed by atoms with Gasteiger partial charge >= 0.3 is 11.7 Å². The van der Waals surface area contributed by atoms with Gasteiger partial charge in [0.05, 0.1) is 22.4 Å². The standard InChI is InChI=1S/C28H32N6O5.CH4/c1-17(2)39-27(35)20-15-29-28(31-26(20)21-16-33(6)23-10-8-7-9-19(21)23)30-22-14-24(34(36)37)25(13-18(22)3)38-12-11-32(4)5;/h7-10,13-17H,11-12H2,1-6H3,(H,29,30,31);1H4. The molecule has 4 rings (SSSR count). The van der Waals surface area contributed by atoms with Crippen molar-refractivity contribution in [3.05, 3.63) is 70.0 Å². The molecule has 4 aromatic rings. The quantitative estimate of drug-likeness (QED) is 0.150. The summed E-state index contributed by atoms with van der Waals surface area (Å²) in [6, 6.07) is 10.8. The SMILES string of the molecule is C.Cc1cc(OCCN(C)C)c([N+](=O)[O-])cc1Nc1ncc(C(=O)OC(C)C)c(-c2cn(C)c3ccccc23)n1. The van der Waals surface area contributed by atoms with Crippen LogP contribution in [0.1, 0.15) is 37.2 Å². The fourth-order valence-electron chi connectivity index (χ4n) is 4.13. The van der Waals surface area contributed by atoms with E-state index in [4.69, 9.17) is 14.5 Å². The van der Waals surface area contributed by atoms with Crippen LogP contribution in [0.5, 0.6) is 5.75 Å². The Morgan fingerprint density at radius 1 is 1.23 bits per heavy atom. The number of nitro groups is 1. The zero-order chi connectivity index (χ0) is 28.3. The molecule has 0 aliphatic heterocycles. The molecule has 2 aromatic heterocycles. The van der Waals surface area contributed by atoms with Gasteiger partial charge in [-0.15, -0.1) is 0 Å². The monoisotopic (exact) mass is 548 g/mol. The summed E-state index contributed by atoms with van der Waals surface area (Å²) in [5, 5.41) is 15.8. The van der Waals surface area contributed by atoms with Crippen molar-refractivity contribution >= 4 is 34.2 Å². The number of benzene rings is 2. The van der Waals surface area contributed by atoms with Gasteiger partial charge in [-0.3, -0.25) is 10.1 Å². The van der Waals surface area contributed by atoms with Crippen LogP contribution in [0.25, 0.3) is 22.2 Å². The second kappa shape index (κ2) is 12.6. The predicted molar refractivity (Wildman–Crippen MR) is 156 cm³/mol. The van der Waals surface area contributed by atoms with Gasteiger partial charge < -0.3 is 24.3 Å². The molecule has 212 valence electrons. The van der Waals surface area contributed by atoms with E-state index in [0.717, 1.165) is 16.5 Å². The normalized spacial score (nSPS) is 11.0. The Morgan fingerprint density at radius 2 is 1.95 bits per heavy atom. The van der Waals surface area contributed by atoms with Crippen LogP contribution in [0.4, 0.5) is 17.3 Å². The average molecular weight is 549 g/mol. The zero-order valence-corrected chi connectivity index (χ0v) is 22.9. The highest BCUT2D eigenvalue weighted by Gasteiger charge is 2.23. The van der Waals surface area contributed by atoms with Crippen molar-refractivity contribution in [1.29, 1.82) is 0 Å². The molecule has 0 radical (unpaired) electrons. The van der Waals surface area contributed by atoms with E-state index in [0.29, 0.717) is 30.1 Å². The lowest BCUT2D eigenvalue weighted by Gasteiger charge is -2.15. The molecule has 0 aliphatic rings. The number of nitrogens with zero attached hydrogens (tertiary/aromatic N) is 5. The first kappa shape index (κ1) is 30.0. The van der Waals surface area contributed by atoms with Crippen molar-refractivity contribution < 1.29 is 19.2 Å². The Bertz CT molecular complexity index is 1530. The number of nitrogens with one attached hydrogen (secondary N) is 1. The Hall–Kier alpha value is -4.51. The third-order valence-electron chi connectivity index (χ3n) is 6.05. The van der Waals surface area contributed by atoms with Crippen LogP contribution in [0.3, 0.4) is 0 Å². The number of hydrogen-bond acceptors (Lipinski definition) is 9. The number of anilines is 2. The van der Waals surface area contributed by atoms with Crippen molar-refractivity contribution in [3.8, 4) is 17.0 Å². The van der Waals surface area contributed by atoms with Gasteiger partial charge in [-0.1, -0.05) is 25.6 Å². The molecule has 0 spiro atoms. The van der Waals surface area contributed by atoms with Crippen LogP contribution >= 0.6 is 0 Å². The number of hydrogen-bond donors (Lipinski definition) is 1. The lowest BCUT2D eigenvalue weighted by Crippen LogP contribution is -2.19. The van der Waals surface area contributed by atoms with Gasteiger partial charge in [0.2, 0.25) is 5.95 Å². The molecular formula is C29H36N6O5. The first-order valence-electron chi connectivity index (χ1n) is 12.5. The smallest absolute Gasteiger partial charge is 0.342 e. The van der Waals surface area contributed by atoms with Crippen LogP contribution in [-0.2, 0) is 11.8 Å². The summed E-state index contributed by atoms with van der Waals surface area (Å²) < 4.78 is 13.1. The number of nitro benzene ring substituents is 1. The average Bonchev–Trinajstić information content (AvgIpc) is 3.21. The molecule has 2 heterocycles. The number of carbonyl (C=O) groups is 1. The van der Waals surface area contributed by atoms with E-state index in [2.05, 4.69) is 10.3 Å². The molecule has 1 N–H and O–H groups in total. The van der Waals surface area contributed by atoms with E-state index < -0.39 is 10.9 Å². The molecule has 0 unspecified atom stereocenters. The summed E-state index contributed by atoms with van der Waals surface area (Å²) in [5.41, 5.74) is 3.31. The second-order valence-electron chi connectivity index (χ2n) is 9.75. The summed E-state index contributed by atoms with van der Waals surface area (Å²) in [4.78, 5) is 35.3. The van der Waals surface area contributed by atoms with Gasteiger partial charge in [-0.2, -0.15) is 0 Å². The Kier molecular flexibility index (Phi) is 9.43. The van der Waals surface area contributed by atoms with Gasteiger partial charge in [-0.25, -0.2) is 14.8 Å². The Morgan fingerprint density at radius 3 is 2.62 bits per heavy atom. The fraction of sp³-hybridized carbons (Fsp3) is 0.345. The number of likely N-dealkylation sites (N-methyl/N-ethyl adjacent to an activating group) is 1. The molecule has 0 fully saturated rings. The van der Waals surface area contributed by atoms with Crippen LogP contribution in [-0.4, -0.2) is 63.7 Å². The first-order chi connectivity index (χ1) is 18.5. The van der Waals surface area contributed by atoms with Crippen molar-refractivity contribution in [1.82, 2.24) is 19.4 Å². The molecule has 0 saturated heterocycles. The molecule has 11 nitrogen and oxygen atoms in total. The molecule has 0 aliphatic carbocycles. The predicted octanol–water partition coefficient (Wildman–Crippen LogP) is 5.74. The molecule has 0 bridgehead atoms. The molecule has 11 heteroatoms. The highest BCUT2D eigenvalue weighted by Crippen LogP contribution is 2.36. The van der Waals surface area contributed by atoms with E-state index in [1.807, 2.05) is 68.0 Å². The minimum atomic E-state index is -0.537. The topological polar surface area (TPSA) is 125 Å². The summed E-state index contributed by atoms with van der Waals surface area (Å²) in [5.74, 6) is -0.169. The number of para-hydroxylation sites is 1. The van der Waals surface area contributed by atoms with E-state index in [1.165, 1.54) is 12.3 Å². The van der Waals surface area contributed by atoms with Gasteiger partial charge in [0.25, 0.3) is 0 Å². The van der Waals surface area contributed by atoms with Gasteiger partial charge in [0.1, 0.15) is 12.2 Å². The third-order valence-corrected chi connectivity index (χ3v) is 6.05. The Balaban J connectivity index is 0.00000441. The van der Waals surface area contributed by atoms with Crippen LogP contribution in [0, 0.1) is 17.0 Å². The summed E-state index contributed by atoms with van der Waals surface area (Å²) in [6.45, 7) is 6.29. The van der Waals surface area contributed by atoms with Gasteiger partial charge in [0, 0.05) is 48.5 Å². The number of aromatic nitrogens is 3. The molecule has 0 saturated carbocycles. The van der Waals surface area contributed by atoms with Crippen LogP contribution < -0.4 is 10.1 Å². The number of aryl methyl sites for hydroxylation is 2. The maximum absolute atomic E-state index is 13.0. The number of esters is 1. The Labute approximate surface area is 233 Å². The van der Waals surface area contributed by atoms with Crippen molar-refractivity contribution in [2.24, 2.45) is 7.05 Å². The lowest BCUT2D eigenvalue weighted by molar-refractivity contribution is -0.385. The van der Waals surface area contributed by atoms with Gasteiger partial charge in [0.15, 0.2) is 5.75 Å². The summed E-state index contributed by atoms with van der Waals surface area (Å²) >= 11 is 0. The number of ether oxygens (including phenoxy) is 2. The van der Waals surface area contributed by atoms with E-state index in [-0.39, 0.29) is 36.5 Å². The second-order valence-corrected chi connectivity index (χ2v) is 9.75. The molecule has 0 atom stereocenters. The minimum Gasteiger partial charge on any atom is -0.485 e. The van der Waals surface area contributed by atoms with Crippen molar-refractivity contribution in [3.63, 3.8) is 0 Å². The molecule has 40 heavy (non-hydrogen) atoms. The summed E-state index contributed by atoms with van der Waals surface area (Å²) in [7, 11) is 5.72. The van der Waals surface area contributed by atoms with Crippen molar-refractivity contribution in [2.45, 2.75) is 34.3 Å². The zero-order valence-electron chi connectivity index (χ0n) is 22.9. The lowest BCUT2D eigenvalue weighted by atomic mass is 10.1. The third kappa shape index (κ3) is 6.55. The molecule has 0 amide bonds. The number of carbonyl (C=O) groups excluding carboxylic acids is 1. The highest BCUT2D eigenvalue weighted by molar-refractivity contribution is 6.03. The highest BCUT2D eigenvalue weighted by atomic mass is 16.6. The van der Waals surface area contributed by atoms with E-state index in [1.54, 1.807) is 19.9 Å². The maximum atomic E-state index is 13.0. The van der Waals surface area contributed by atoms with E-state index >= 15 is 0 Å². The molecular weight excluding hydrogens is 512 g/mol.